The molecule has 3 aromatic rings. The lowest BCUT2D eigenvalue weighted by Gasteiger charge is -2.11. The molecule has 0 bridgehead atoms. The van der Waals surface area contributed by atoms with Crippen molar-refractivity contribution in [3.8, 4) is 0 Å². The van der Waals surface area contributed by atoms with Crippen LogP contribution in [0.4, 0.5) is 0 Å². The molecule has 27 heavy (non-hydrogen) atoms. The van der Waals surface area contributed by atoms with Crippen molar-refractivity contribution in [1.29, 1.82) is 0 Å². The van der Waals surface area contributed by atoms with Crippen molar-refractivity contribution < 1.29 is 4.79 Å². The van der Waals surface area contributed by atoms with Gasteiger partial charge in [-0.15, -0.1) is 37.2 Å². The normalized spacial score (nSPS) is 9.74. The molecule has 0 aliphatic rings. The van der Waals surface area contributed by atoms with Gasteiger partial charge in [0.15, 0.2) is 0 Å². The van der Waals surface area contributed by atoms with Crippen LogP contribution in [0.5, 0.6) is 0 Å². The van der Waals surface area contributed by atoms with Crippen LogP contribution >= 0.6 is 37.2 Å². The molecule has 148 valence electrons. The molecule has 0 atom stereocenters. The van der Waals surface area contributed by atoms with Gasteiger partial charge >= 0.3 is 0 Å². The number of benzene rings is 1. The van der Waals surface area contributed by atoms with E-state index < -0.39 is 0 Å². The van der Waals surface area contributed by atoms with E-state index in [0.29, 0.717) is 25.1 Å². The molecule has 0 aliphatic carbocycles. The Bertz CT molecular complexity index is 865. The molecule has 9 heteroatoms. The maximum Gasteiger partial charge on any atom is 0.254 e. The van der Waals surface area contributed by atoms with Crippen LogP contribution in [-0.4, -0.2) is 46.0 Å². The van der Waals surface area contributed by atoms with Crippen molar-refractivity contribution in [3.05, 3.63) is 59.7 Å². The Labute approximate surface area is 177 Å². The van der Waals surface area contributed by atoms with Gasteiger partial charge in [0.1, 0.15) is 5.82 Å². The van der Waals surface area contributed by atoms with E-state index in [0.717, 1.165) is 22.6 Å². The smallest absolute Gasteiger partial charge is 0.254 e. The summed E-state index contributed by atoms with van der Waals surface area (Å²) in [6, 6.07) is 11.7. The number of halogens is 3. The van der Waals surface area contributed by atoms with Gasteiger partial charge in [-0.2, -0.15) is 0 Å². The van der Waals surface area contributed by atoms with Gasteiger partial charge in [-0.25, -0.2) is 4.98 Å². The zero-order valence-electron chi connectivity index (χ0n) is 15.2. The second-order valence-electron chi connectivity index (χ2n) is 5.88. The van der Waals surface area contributed by atoms with Crippen molar-refractivity contribution in [1.82, 2.24) is 19.4 Å². The highest BCUT2D eigenvalue weighted by atomic mass is 35.5. The van der Waals surface area contributed by atoms with Gasteiger partial charge in [-0.1, -0.05) is 12.1 Å². The Kier molecular flexibility index (Phi) is 10.3. The number of pyridine rings is 1. The first-order valence-electron chi connectivity index (χ1n) is 7.91. The number of rotatable bonds is 5. The van der Waals surface area contributed by atoms with Gasteiger partial charge in [-0.3, -0.25) is 9.78 Å². The van der Waals surface area contributed by atoms with E-state index in [9.17, 15) is 4.79 Å². The summed E-state index contributed by atoms with van der Waals surface area (Å²) >= 11 is 0. The van der Waals surface area contributed by atoms with Gasteiger partial charge in [-0.05, 0) is 30.8 Å². The zero-order valence-corrected chi connectivity index (χ0v) is 17.6. The van der Waals surface area contributed by atoms with Gasteiger partial charge in [0.05, 0.1) is 28.8 Å². The molecule has 1 aromatic carbocycles. The first-order valence-corrected chi connectivity index (χ1v) is 7.91. The summed E-state index contributed by atoms with van der Waals surface area (Å²) in [5.74, 6) is 0.903. The van der Waals surface area contributed by atoms with Crippen LogP contribution in [0.25, 0.3) is 11.0 Å². The minimum atomic E-state index is -0.0500. The number of nitrogens with zero attached hydrogens (tertiary/aromatic N) is 4. The highest BCUT2D eigenvalue weighted by molar-refractivity contribution is 5.93. The maximum atomic E-state index is 11.9. The monoisotopic (exact) mass is 431 g/mol. The van der Waals surface area contributed by atoms with Crippen LogP contribution in [0.1, 0.15) is 21.9 Å². The fraction of sp³-hybridized carbons (Fsp3) is 0.278. The molecule has 6 nitrogen and oxygen atoms in total. The SMILES string of the molecule is CN(C)C(=O)c1ccc(Cn2c(CCN)nc3ccccc32)nc1.Cl.Cl.Cl. The summed E-state index contributed by atoms with van der Waals surface area (Å²) in [4.78, 5) is 22.6. The molecule has 2 heterocycles. The van der Waals surface area contributed by atoms with Crippen LogP contribution in [0, 0.1) is 0 Å². The van der Waals surface area contributed by atoms with Crippen molar-refractivity contribution in [2.75, 3.05) is 20.6 Å². The lowest BCUT2D eigenvalue weighted by molar-refractivity contribution is 0.0827. The van der Waals surface area contributed by atoms with E-state index in [4.69, 9.17) is 5.73 Å². The number of amides is 1. The summed E-state index contributed by atoms with van der Waals surface area (Å²) < 4.78 is 2.14. The number of nitrogens with two attached hydrogens (primary N) is 1. The molecule has 0 saturated heterocycles. The quantitative estimate of drug-likeness (QED) is 0.672. The summed E-state index contributed by atoms with van der Waals surface area (Å²) in [7, 11) is 3.46. The number of hydrogen-bond acceptors (Lipinski definition) is 4. The summed E-state index contributed by atoms with van der Waals surface area (Å²) in [5.41, 5.74) is 9.21. The summed E-state index contributed by atoms with van der Waals surface area (Å²) in [5, 5.41) is 0. The van der Waals surface area contributed by atoms with E-state index in [1.54, 1.807) is 25.2 Å². The molecule has 0 spiro atoms. The van der Waals surface area contributed by atoms with E-state index in [2.05, 4.69) is 14.5 Å². The largest absolute Gasteiger partial charge is 0.345 e. The zero-order chi connectivity index (χ0) is 17.1. The average molecular weight is 433 g/mol. The van der Waals surface area contributed by atoms with Gasteiger partial charge in [0.2, 0.25) is 0 Å². The molecule has 0 radical (unpaired) electrons. The van der Waals surface area contributed by atoms with Crippen molar-refractivity contribution in [3.63, 3.8) is 0 Å². The molecule has 0 saturated carbocycles. The van der Waals surface area contributed by atoms with Gasteiger partial charge in [0, 0.05) is 26.7 Å². The third-order valence-electron chi connectivity index (χ3n) is 3.90. The molecule has 3 rings (SSSR count). The minimum Gasteiger partial charge on any atom is -0.345 e. The number of para-hydroxylation sites is 2. The number of carbonyl (C=O) groups is 1. The highest BCUT2D eigenvalue weighted by Crippen LogP contribution is 2.18. The lowest BCUT2D eigenvalue weighted by Crippen LogP contribution is -2.21. The molecule has 0 fully saturated rings. The molecule has 2 aromatic heterocycles. The van der Waals surface area contributed by atoms with Crippen molar-refractivity contribution >= 4 is 54.2 Å². The Morgan fingerprint density at radius 3 is 2.41 bits per heavy atom. The molecule has 2 N–H and O–H groups in total. The predicted molar refractivity (Wildman–Crippen MR) is 116 cm³/mol. The number of imidazole rings is 1. The van der Waals surface area contributed by atoms with E-state index in [1.165, 1.54) is 0 Å². The molecule has 0 aliphatic heterocycles. The Balaban J connectivity index is 0.00000225. The first-order chi connectivity index (χ1) is 11.6. The van der Waals surface area contributed by atoms with Gasteiger partial charge in [0.25, 0.3) is 5.91 Å². The number of aromatic nitrogens is 3. The van der Waals surface area contributed by atoms with Crippen LogP contribution in [-0.2, 0) is 13.0 Å². The lowest BCUT2D eigenvalue weighted by atomic mass is 10.2. The maximum absolute atomic E-state index is 11.9. The molecule has 1 amide bonds. The third-order valence-corrected chi connectivity index (χ3v) is 3.90. The van der Waals surface area contributed by atoms with E-state index in [1.807, 2.05) is 36.4 Å². The molecular formula is C18H24Cl3N5O. The number of carbonyl (C=O) groups excluding carboxylic acids is 1. The van der Waals surface area contributed by atoms with Crippen molar-refractivity contribution in [2.24, 2.45) is 5.73 Å². The van der Waals surface area contributed by atoms with Crippen LogP contribution < -0.4 is 5.73 Å². The topological polar surface area (TPSA) is 77.0 Å². The van der Waals surface area contributed by atoms with Crippen LogP contribution in [0.15, 0.2) is 42.6 Å². The Morgan fingerprint density at radius 1 is 1.11 bits per heavy atom. The average Bonchev–Trinajstić information content (AvgIpc) is 2.93. The standard InChI is InChI=1S/C18H21N5O.3ClH/c1-22(2)18(24)13-7-8-14(20-11-13)12-23-16-6-4-3-5-15(16)21-17(23)9-10-19;;;/h3-8,11H,9-10,12,19H2,1-2H3;3*1H. The first kappa shape index (κ1) is 25.1. The van der Waals surface area contributed by atoms with E-state index in [-0.39, 0.29) is 43.1 Å². The van der Waals surface area contributed by atoms with Crippen LogP contribution in [0.3, 0.4) is 0 Å². The second-order valence-corrected chi connectivity index (χ2v) is 5.88. The van der Waals surface area contributed by atoms with E-state index >= 15 is 0 Å². The van der Waals surface area contributed by atoms with Crippen LogP contribution in [0.2, 0.25) is 0 Å². The van der Waals surface area contributed by atoms with Crippen molar-refractivity contribution in [2.45, 2.75) is 13.0 Å². The number of hydrogen-bond donors (Lipinski definition) is 1. The molecular weight excluding hydrogens is 409 g/mol. The fourth-order valence-corrected chi connectivity index (χ4v) is 2.69. The second kappa shape index (κ2) is 11.1. The summed E-state index contributed by atoms with van der Waals surface area (Å²) in [6.45, 7) is 1.15. The predicted octanol–water partition coefficient (Wildman–Crippen LogP) is 2.95. The Hall–Kier alpha value is -1.86. The number of fused-ring (bicyclic) bond motifs is 1. The minimum absolute atomic E-state index is 0. The summed E-state index contributed by atoms with van der Waals surface area (Å²) in [6.07, 6.45) is 2.34. The molecule has 0 unspecified atom stereocenters. The fourth-order valence-electron chi connectivity index (χ4n) is 2.69. The Morgan fingerprint density at radius 2 is 1.81 bits per heavy atom. The highest BCUT2D eigenvalue weighted by Gasteiger charge is 2.12. The third kappa shape index (κ3) is 5.56. The van der Waals surface area contributed by atoms with Gasteiger partial charge < -0.3 is 15.2 Å².